The average Bonchev–Trinajstić information content (AvgIpc) is 2.16. The molecule has 0 amide bonds. The second-order valence-electron chi connectivity index (χ2n) is 2.58. The van der Waals surface area contributed by atoms with Gasteiger partial charge in [-0.25, -0.2) is 0 Å². The average molecular weight is 180 g/mol. The second-order valence-corrected chi connectivity index (χ2v) is 2.58. The number of nitrogen functional groups attached to an aromatic ring is 1. The largest absolute Gasteiger partial charge is 0.497 e. The van der Waals surface area contributed by atoms with Crippen molar-refractivity contribution in [3.05, 3.63) is 23.8 Å². The lowest BCUT2D eigenvalue weighted by Gasteiger charge is -2.05. The van der Waals surface area contributed by atoms with Gasteiger partial charge in [-0.05, 0) is 12.1 Å². The van der Waals surface area contributed by atoms with E-state index in [1.165, 1.54) is 0 Å². The Morgan fingerprint density at radius 2 is 2.23 bits per heavy atom. The number of hydrogen-bond donors (Lipinski definition) is 2. The summed E-state index contributed by atoms with van der Waals surface area (Å²) in [6.07, 6.45) is 0. The number of carbonyl (C=O) groups is 1. The molecule has 4 N–H and O–H groups in total. The summed E-state index contributed by atoms with van der Waals surface area (Å²) in [5.41, 5.74) is 11.7. The van der Waals surface area contributed by atoms with Crippen LogP contribution in [0.25, 0.3) is 0 Å². The zero-order valence-electron chi connectivity index (χ0n) is 7.41. The van der Waals surface area contributed by atoms with Gasteiger partial charge < -0.3 is 16.2 Å². The molecule has 1 aromatic carbocycles. The molecule has 0 fully saturated rings. The predicted molar refractivity (Wildman–Crippen MR) is 50.8 cm³/mol. The van der Waals surface area contributed by atoms with Crippen LogP contribution in [0.5, 0.6) is 5.75 Å². The van der Waals surface area contributed by atoms with E-state index < -0.39 is 0 Å². The van der Waals surface area contributed by atoms with Crippen LogP contribution < -0.4 is 16.2 Å². The molecule has 1 aromatic rings. The molecule has 13 heavy (non-hydrogen) atoms. The Hall–Kier alpha value is -1.55. The molecule has 0 aliphatic rings. The van der Waals surface area contributed by atoms with Gasteiger partial charge in [-0.1, -0.05) is 0 Å². The minimum absolute atomic E-state index is 0.0312. The molecular weight excluding hydrogens is 168 g/mol. The zero-order chi connectivity index (χ0) is 9.84. The number of rotatable bonds is 3. The Labute approximate surface area is 76.5 Å². The standard InChI is InChI=1S/C9H12N2O2/c1-13-6-2-3-7(8(11)4-6)9(12)5-10/h2-4H,5,10-11H2,1H3. The normalized spacial score (nSPS) is 9.69. The minimum atomic E-state index is -0.167. The van der Waals surface area contributed by atoms with Gasteiger partial charge in [-0.3, -0.25) is 4.79 Å². The number of ether oxygens (including phenoxy) is 1. The van der Waals surface area contributed by atoms with Crippen LogP contribution >= 0.6 is 0 Å². The van der Waals surface area contributed by atoms with Crippen molar-refractivity contribution >= 4 is 11.5 Å². The van der Waals surface area contributed by atoms with Crippen LogP contribution in [0.1, 0.15) is 10.4 Å². The molecule has 0 atom stereocenters. The molecule has 0 bridgehead atoms. The molecule has 0 aliphatic heterocycles. The maximum atomic E-state index is 11.2. The molecule has 0 aromatic heterocycles. The van der Waals surface area contributed by atoms with Crippen molar-refractivity contribution in [3.63, 3.8) is 0 Å². The molecule has 1 rings (SSSR count). The highest BCUT2D eigenvalue weighted by Gasteiger charge is 2.07. The van der Waals surface area contributed by atoms with E-state index in [1.807, 2.05) is 0 Å². The second kappa shape index (κ2) is 3.91. The summed E-state index contributed by atoms with van der Waals surface area (Å²) in [6.45, 7) is -0.0312. The summed E-state index contributed by atoms with van der Waals surface area (Å²) in [4.78, 5) is 11.2. The number of anilines is 1. The quantitative estimate of drug-likeness (QED) is 0.522. The number of methoxy groups -OCH3 is 1. The van der Waals surface area contributed by atoms with Gasteiger partial charge in [-0.15, -0.1) is 0 Å². The van der Waals surface area contributed by atoms with Crippen LogP contribution in [0.3, 0.4) is 0 Å². The highest BCUT2D eigenvalue weighted by molar-refractivity contribution is 6.02. The van der Waals surface area contributed by atoms with Gasteiger partial charge in [0.25, 0.3) is 0 Å². The van der Waals surface area contributed by atoms with E-state index in [0.29, 0.717) is 17.0 Å². The van der Waals surface area contributed by atoms with Crippen LogP contribution in [-0.4, -0.2) is 19.4 Å². The monoisotopic (exact) mass is 180 g/mol. The molecule has 0 heterocycles. The maximum Gasteiger partial charge on any atom is 0.178 e. The topological polar surface area (TPSA) is 78.3 Å². The predicted octanol–water partition coefficient (Wildman–Crippen LogP) is 0.419. The number of ketones is 1. The summed E-state index contributed by atoms with van der Waals surface area (Å²) in [6, 6.07) is 4.89. The molecule has 4 heteroatoms. The number of nitrogens with two attached hydrogens (primary N) is 2. The Morgan fingerprint density at radius 3 is 2.69 bits per heavy atom. The molecule has 0 aliphatic carbocycles. The fraction of sp³-hybridized carbons (Fsp3) is 0.222. The third kappa shape index (κ3) is 1.97. The molecule has 0 saturated heterocycles. The summed E-state index contributed by atoms with van der Waals surface area (Å²) in [5, 5.41) is 0. The lowest BCUT2D eigenvalue weighted by molar-refractivity contribution is 0.100. The smallest absolute Gasteiger partial charge is 0.178 e. The fourth-order valence-electron chi connectivity index (χ4n) is 1.03. The Kier molecular flexibility index (Phi) is 2.87. The van der Waals surface area contributed by atoms with E-state index in [-0.39, 0.29) is 12.3 Å². The first-order chi connectivity index (χ1) is 6.19. The van der Waals surface area contributed by atoms with Gasteiger partial charge in [0.05, 0.1) is 13.7 Å². The van der Waals surface area contributed by atoms with E-state index in [4.69, 9.17) is 16.2 Å². The molecule has 0 saturated carbocycles. The number of benzene rings is 1. The highest BCUT2D eigenvalue weighted by Crippen LogP contribution is 2.19. The van der Waals surface area contributed by atoms with Gasteiger partial charge in [0.2, 0.25) is 0 Å². The first-order valence-electron chi connectivity index (χ1n) is 3.86. The molecule has 0 spiro atoms. The van der Waals surface area contributed by atoms with Gasteiger partial charge >= 0.3 is 0 Å². The van der Waals surface area contributed by atoms with Gasteiger partial charge in [-0.2, -0.15) is 0 Å². The fourth-order valence-corrected chi connectivity index (χ4v) is 1.03. The summed E-state index contributed by atoms with van der Waals surface area (Å²) < 4.78 is 4.94. The first kappa shape index (κ1) is 9.54. The minimum Gasteiger partial charge on any atom is -0.497 e. The van der Waals surface area contributed by atoms with Crippen LogP contribution in [-0.2, 0) is 0 Å². The Balaban J connectivity index is 3.05. The highest BCUT2D eigenvalue weighted by atomic mass is 16.5. The first-order valence-corrected chi connectivity index (χ1v) is 3.86. The molecule has 0 unspecified atom stereocenters. The van der Waals surface area contributed by atoms with E-state index in [0.717, 1.165) is 0 Å². The third-order valence-corrected chi connectivity index (χ3v) is 1.74. The van der Waals surface area contributed by atoms with Crippen molar-refractivity contribution in [2.45, 2.75) is 0 Å². The summed E-state index contributed by atoms with van der Waals surface area (Å²) >= 11 is 0. The number of hydrogen-bond acceptors (Lipinski definition) is 4. The SMILES string of the molecule is COc1ccc(C(=O)CN)c(N)c1. The van der Waals surface area contributed by atoms with Crippen molar-refractivity contribution in [1.82, 2.24) is 0 Å². The number of carbonyl (C=O) groups excluding carboxylic acids is 1. The molecular formula is C9H12N2O2. The molecule has 4 nitrogen and oxygen atoms in total. The van der Waals surface area contributed by atoms with E-state index in [2.05, 4.69) is 0 Å². The summed E-state index contributed by atoms with van der Waals surface area (Å²) in [7, 11) is 1.54. The number of Topliss-reactive ketones (excluding diaryl/α,β-unsaturated/α-hetero) is 1. The van der Waals surface area contributed by atoms with Crippen molar-refractivity contribution in [2.75, 3.05) is 19.4 Å². The van der Waals surface area contributed by atoms with Crippen LogP contribution in [0, 0.1) is 0 Å². The van der Waals surface area contributed by atoms with Crippen molar-refractivity contribution in [1.29, 1.82) is 0 Å². The lowest BCUT2D eigenvalue weighted by Crippen LogP contribution is -2.15. The maximum absolute atomic E-state index is 11.2. The van der Waals surface area contributed by atoms with Gasteiger partial charge in [0.15, 0.2) is 5.78 Å². The van der Waals surface area contributed by atoms with E-state index >= 15 is 0 Å². The molecule has 0 radical (unpaired) electrons. The van der Waals surface area contributed by atoms with E-state index in [9.17, 15) is 4.79 Å². The van der Waals surface area contributed by atoms with Gasteiger partial charge in [0.1, 0.15) is 5.75 Å². The lowest BCUT2D eigenvalue weighted by atomic mass is 10.1. The molecule has 70 valence electrons. The third-order valence-electron chi connectivity index (χ3n) is 1.74. The van der Waals surface area contributed by atoms with Crippen molar-refractivity contribution < 1.29 is 9.53 Å². The van der Waals surface area contributed by atoms with Crippen molar-refractivity contribution in [2.24, 2.45) is 5.73 Å². The van der Waals surface area contributed by atoms with E-state index in [1.54, 1.807) is 25.3 Å². The zero-order valence-corrected chi connectivity index (χ0v) is 7.41. The summed E-state index contributed by atoms with van der Waals surface area (Å²) in [5.74, 6) is 0.464. The Bertz CT molecular complexity index is 323. The van der Waals surface area contributed by atoms with Crippen LogP contribution in [0.2, 0.25) is 0 Å². The Morgan fingerprint density at radius 1 is 1.54 bits per heavy atom. The van der Waals surface area contributed by atoms with Crippen molar-refractivity contribution in [3.8, 4) is 5.75 Å². The van der Waals surface area contributed by atoms with Crippen LogP contribution in [0.15, 0.2) is 18.2 Å². The van der Waals surface area contributed by atoms with Crippen LogP contribution in [0.4, 0.5) is 5.69 Å². The van der Waals surface area contributed by atoms with Gasteiger partial charge in [0, 0.05) is 17.3 Å².